The summed E-state index contributed by atoms with van der Waals surface area (Å²) in [6, 6.07) is 0. The van der Waals surface area contributed by atoms with Crippen molar-refractivity contribution >= 4 is 40.0 Å². The zero-order chi connectivity index (χ0) is 14.3. The van der Waals surface area contributed by atoms with Crippen molar-refractivity contribution in [3.63, 3.8) is 0 Å². The number of nitrogens with one attached hydrogen (secondary N) is 1. The molecule has 0 atom stereocenters. The molecule has 0 saturated heterocycles. The van der Waals surface area contributed by atoms with Crippen LogP contribution < -0.4 is 10.5 Å². The van der Waals surface area contributed by atoms with Crippen LogP contribution in [0.5, 0.6) is 0 Å². The van der Waals surface area contributed by atoms with Crippen molar-refractivity contribution in [2.75, 3.05) is 31.9 Å². The second kappa shape index (κ2) is 9.78. The normalized spacial score (nSPS) is 16.4. The predicted octanol–water partition coefficient (Wildman–Crippen LogP) is 0.980. The third-order valence-corrected chi connectivity index (χ3v) is 4.86. The van der Waals surface area contributed by atoms with Crippen LogP contribution in [-0.2, 0) is 10.0 Å². The number of rotatable bonds is 8. The van der Waals surface area contributed by atoms with E-state index in [9.17, 15) is 8.42 Å². The summed E-state index contributed by atoms with van der Waals surface area (Å²) in [4.78, 5) is 6.01. The molecule has 0 heterocycles. The summed E-state index contributed by atoms with van der Waals surface area (Å²) in [5.74, 6) is 0.944. The fourth-order valence-corrected chi connectivity index (χ4v) is 2.91. The van der Waals surface area contributed by atoms with E-state index in [-0.39, 0.29) is 36.3 Å². The third-order valence-electron chi connectivity index (χ3n) is 3.54. The molecule has 6 nitrogen and oxygen atoms in total. The molecule has 1 aliphatic rings. The Kier molecular flexibility index (Phi) is 9.73. The Morgan fingerprint density at radius 1 is 1.35 bits per heavy atom. The molecule has 120 valence electrons. The minimum absolute atomic E-state index is 0. The van der Waals surface area contributed by atoms with Gasteiger partial charge in [0, 0.05) is 19.6 Å². The van der Waals surface area contributed by atoms with Gasteiger partial charge in [-0.2, -0.15) is 0 Å². The van der Waals surface area contributed by atoms with E-state index < -0.39 is 10.0 Å². The first-order valence-electron chi connectivity index (χ1n) is 7.00. The first-order chi connectivity index (χ1) is 8.98. The largest absolute Gasteiger partial charge is 0.370 e. The lowest BCUT2D eigenvalue weighted by molar-refractivity contribution is 0.316. The second-order valence-corrected chi connectivity index (χ2v) is 6.80. The zero-order valence-corrected chi connectivity index (χ0v) is 15.5. The molecule has 0 amide bonds. The second-order valence-electron chi connectivity index (χ2n) is 4.88. The summed E-state index contributed by atoms with van der Waals surface area (Å²) >= 11 is 0. The average Bonchev–Trinajstić information content (AvgIpc) is 2.28. The smallest absolute Gasteiger partial charge is 0.213 e. The van der Waals surface area contributed by atoms with Gasteiger partial charge in [-0.25, -0.2) is 13.1 Å². The first kappa shape index (κ1) is 19.9. The molecular weight excluding hydrogens is 391 g/mol. The Balaban J connectivity index is 0.00000361. The monoisotopic (exact) mass is 418 g/mol. The molecular formula is C12H27IN4O2S. The molecule has 1 rings (SSSR count). The molecule has 0 bridgehead atoms. The van der Waals surface area contributed by atoms with Gasteiger partial charge in [-0.3, -0.25) is 4.99 Å². The van der Waals surface area contributed by atoms with Crippen LogP contribution in [0.15, 0.2) is 4.99 Å². The van der Waals surface area contributed by atoms with Gasteiger partial charge in [-0.05, 0) is 32.6 Å². The van der Waals surface area contributed by atoms with Crippen molar-refractivity contribution in [1.29, 1.82) is 0 Å². The summed E-state index contributed by atoms with van der Waals surface area (Å²) in [7, 11) is -3.22. The summed E-state index contributed by atoms with van der Waals surface area (Å²) in [5, 5.41) is 0. The molecule has 0 unspecified atom stereocenters. The van der Waals surface area contributed by atoms with Gasteiger partial charge in [0.25, 0.3) is 0 Å². The number of halogens is 1. The van der Waals surface area contributed by atoms with Gasteiger partial charge in [0.1, 0.15) is 0 Å². The highest BCUT2D eigenvalue weighted by Crippen LogP contribution is 2.25. The lowest BCUT2D eigenvalue weighted by Gasteiger charge is -2.25. The van der Waals surface area contributed by atoms with Crippen LogP contribution in [0.2, 0.25) is 0 Å². The van der Waals surface area contributed by atoms with E-state index in [1.807, 2.05) is 18.7 Å². The van der Waals surface area contributed by atoms with Crippen LogP contribution >= 0.6 is 24.0 Å². The van der Waals surface area contributed by atoms with Gasteiger partial charge >= 0.3 is 0 Å². The molecule has 0 spiro atoms. The highest BCUT2D eigenvalue weighted by atomic mass is 127. The van der Waals surface area contributed by atoms with Crippen molar-refractivity contribution < 1.29 is 8.42 Å². The van der Waals surface area contributed by atoms with Crippen molar-refractivity contribution in [2.45, 2.75) is 33.1 Å². The van der Waals surface area contributed by atoms with E-state index in [4.69, 9.17) is 5.73 Å². The maximum atomic E-state index is 11.7. The molecule has 8 heteroatoms. The highest BCUT2D eigenvalue weighted by molar-refractivity contribution is 14.0. The van der Waals surface area contributed by atoms with Gasteiger partial charge in [0.15, 0.2) is 5.96 Å². The first-order valence-corrected chi connectivity index (χ1v) is 8.66. The quantitative estimate of drug-likeness (QED) is 0.350. The zero-order valence-electron chi connectivity index (χ0n) is 12.3. The van der Waals surface area contributed by atoms with Crippen LogP contribution in [0.25, 0.3) is 0 Å². The van der Waals surface area contributed by atoms with E-state index in [0.29, 0.717) is 18.4 Å². The molecule has 3 N–H and O–H groups in total. The van der Waals surface area contributed by atoms with Gasteiger partial charge in [0.05, 0.1) is 12.3 Å². The van der Waals surface area contributed by atoms with E-state index in [0.717, 1.165) is 25.9 Å². The maximum absolute atomic E-state index is 11.7. The lowest BCUT2D eigenvalue weighted by atomic mass is 9.86. The summed E-state index contributed by atoms with van der Waals surface area (Å²) in [6.07, 6.45) is 3.49. The number of aliphatic imine (C=N–C) groups is 1. The van der Waals surface area contributed by atoms with Crippen molar-refractivity contribution in [3.05, 3.63) is 0 Å². The molecule has 1 saturated carbocycles. The van der Waals surface area contributed by atoms with Crippen LogP contribution in [0, 0.1) is 5.92 Å². The molecule has 20 heavy (non-hydrogen) atoms. The average molecular weight is 418 g/mol. The minimum Gasteiger partial charge on any atom is -0.370 e. The van der Waals surface area contributed by atoms with Gasteiger partial charge in [-0.1, -0.05) is 6.42 Å². The Bertz CT molecular complexity index is 392. The van der Waals surface area contributed by atoms with Crippen LogP contribution in [-0.4, -0.2) is 51.2 Å². The van der Waals surface area contributed by atoms with Gasteiger partial charge in [-0.15, -0.1) is 24.0 Å². The van der Waals surface area contributed by atoms with E-state index >= 15 is 0 Å². The van der Waals surface area contributed by atoms with E-state index in [1.54, 1.807) is 0 Å². The molecule has 1 aliphatic carbocycles. The Labute approximate surface area is 139 Å². The molecule has 0 aromatic heterocycles. The van der Waals surface area contributed by atoms with Crippen molar-refractivity contribution in [2.24, 2.45) is 16.6 Å². The predicted molar refractivity (Wildman–Crippen MR) is 94.0 cm³/mol. The number of hydrogen-bond donors (Lipinski definition) is 2. The Morgan fingerprint density at radius 3 is 2.40 bits per heavy atom. The van der Waals surface area contributed by atoms with Gasteiger partial charge in [0.2, 0.25) is 10.0 Å². The highest BCUT2D eigenvalue weighted by Gasteiger charge is 2.19. The number of hydrogen-bond acceptors (Lipinski definition) is 3. The lowest BCUT2D eigenvalue weighted by Crippen LogP contribution is -2.38. The fraction of sp³-hybridized carbons (Fsp3) is 0.917. The number of sulfonamides is 1. The SMILES string of the molecule is CCN(CC)C(N)=NCCS(=O)(=O)NCC1CCC1.I. The maximum Gasteiger partial charge on any atom is 0.213 e. The number of guanidine groups is 1. The van der Waals surface area contributed by atoms with Crippen LogP contribution in [0.4, 0.5) is 0 Å². The minimum atomic E-state index is -3.22. The molecule has 0 aromatic rings. The van der Waals surface area contributed by atoms with E-state index in [1.165, 1.54) is 6.42 Å². The van der Waals surface area contributed by atoms with Crippen LogP contribution in [0.3, 0.4) is 0 Å². The van der Waals surface area contributed by atoms with E-state index in [2.05, 4.69) is 9.71 Å². The fourth-order valence-electron chi connectivity index (χ4n) is 1.94. The van der Waals surface area contributed by atoms with Gasteiger partial charge < -0.3 is 10.6 Å². The summed E-state index contributed by atoms with van der Waals surface area (Å²) in [5.41, 5.74) is 5.78. The molecule has 0 radical (unpaired) electrons. The Morgan fingerprint density at radius 2 is 1.95 bits per heavy atom. The molecule has 1 fully saturated rings. The van der Waals surface area contributed by atoms with Crippen molar-refractivity contribution in [3.8, 4) is 0 Å². The number of nitrogens with zero attached hydrogens (tertiary/aromatic N) is 2. The molecule has 0 aromatic carbocycles. The summed E-state index contributed by atoms with van der Waals surface area (Å²) < 4.78 is 26.1. The molecule has 0 aliphatic heterocycles. The Hall–Kier alpha value is -0.0900. The number of nitrogens with two attached hydrogens (primary N) is 1. The third kappa shape index (κ3) is 7.07. The summed E-state index contributed by atoms with van der Waals surface area (Å²) in [6.45, 7) is 6.31. The van der Waals surface area contributed by atoms with Crippen LogP contribution in [0.1, 0.15) is 33.1 Å². The van der Waals surface area contributed by atoms with Crippen molar-refractivity contribution in [1.82, 2.24) is 9.62 Å². The topological polar surface area (TPSA) is 87.8 Å². The standard InChI is InChI=1S/C12H26N4O2S.HI/c1-3-16(4-2)12(13)14-8-9-19(17,18)15-10-11-6-5-7-11;/h11,15H,3-10H2,1-2H3,(H2,13,14);1H.